The van der Waals surface area contributed by atoms with Crippen molar-refractivity contribution in [2.75, 3.05) is 19.6 Å². The van der Waals surface area contributed by atoms with E-state index in [0.29, 0.717) is 0 Å². The van der Waals surface area contributed by atoms with Gasteiger partial charge in [0.25, 0.3) is 0 Å². The molecule has 0 saturated heterocycles. The highest BCUT2D eigenvalue weighted by atomic mass is 32.1. The lowest BCUT2D eigenvalue weighted by atomic mass is 10.1. The first-order valence-electron chi connectivity index (χ1n) is 8.45. The summed E-state index contributed by atoms with van der Waals surface area (Å²) in [7, 11) is 0. The summed E-state index contributed by atoms with van der Waals surface area (Å²) in [6.45, 7) is 7.63. The SMILES string of the molecule is CCCN1CC=C(c2nn3c(-c4ccc(C)cc4)nnc3s2)CC1. The van der Waals surface area contributed by atoms with E-state index in [1.807, 2.05) is 4.52 Å². The van der Waals surface area contributed by atoms with Crippen molar-refractivity contribution in [1.29, 1.82) is 0 Å². The summed E-state index contributed by atoms with van der Waals surface area (Å²) in [5.41, 5.74) is 3.63. The molecule has 2 aromatic heterocycles. The van der Waals surface area contributed by atoms with Crippen LogP contribution in [-0.4, -0.2) is 44.3 Å². The Morgan fingerprint density at radius 2 is 2.00 bits per heavy atom. The normalized spacial score (nSPS) is 15.8. The zero-order chi connectivity index (χ0) is 16.5. The molecule has 3 heterocycles. The summed E-state index contributed by atoms with van der Waals surface area (Å²) >= 11 is 1.63. The lowest BCUT2D eigenvalue weighted by Gasteiger charge is -2.24. The Bertz CT molecular complexity index is 875. The van der Waals surface area contributed by atoms with Gasteiger partial charge in [0, 0.05) is 18.7 Å². The Hall–Kier alpha value is -2.05. The van der Waals surface area contributed by atoms with E-state index in [2.05, 4.69) is 59.3 Å². The van der Waals surface area contributed by atoms with Crippen molar-refractivity contribution in [3.8, 4) is 11.4 Å². The molecule has 0 unspecified atom stereocenters. The minimum absolute atomic E-state index is 0.816. The Balaban J connectivity index is 1.64. The van der Waals surface area contributed by atoms with Gasteiger partial charge in [-0.1, -0.05) is 54.2 Å². The Kier molecular flexibility index (Phi) is 4.16. The first kappa shape index (κ1) is 15.5. The van der Waals surface area contributed by atoms with Crippen LogP contribution in [0.25, 0.3) is 21.9 Å². The van der Waals surface area contributed by atoms with E-state index >= 15 is 0 Å². The van der Waals surface area contributed by atoms with Crippen molar-refractivity contribution < 1.29 is 0 Å². The molecule has 6 heteroatoms. The Labute approximate surface area is 145 Å². The molecule has 5 nitrogen and oxygen atoms in total. The molecule has 0 atom stereocenters. The number of fused-ring (bicyclic) bond motifs is 1. The van der Waals surface area contributed by atoms with Gasteiger partial charge in [-0.2, -0.15) is 9.61 Å². The Morgan fingerprint density at radius 1 is 1.17 bits per heavy atom. The highest BCUT2D eigenvalue weighted by molar-refractivity contribution is 7.17. The third-order valence-corrected chi connectivity index (χ3v) is 5.38. The number of hydrogen-bond acceptors (Lipinski definition) is 5. The Morgan fingerprint density at radius 3 is 2.71 bits per heavy atom. The van der Waals surface area contributed by atoms with Crippen LogP contribution in [0.5, 0.6) is 0 Å². The van der Waals surface area contributed by atoms with Crippen molar-refractivity contribution in [3.63, 3.8) is 0 Å². The van der Waals surface area contributed by atoms with Crippen LogP contribution in [0.2, 0.25) is 0 Å². The van der Waals surface area contributed by atoms with Gasteiger partial charge in [-0.25, -0.2) is 0 Å². The smallest absolute Gasteiger partial charge is 0.235 e. The van der Waals surface area contributed by atoms with Gasteiger partial charge >= 0.3 is 0 Å². The summed E-state index contributed by atoms with van der Waals surface area (Å²) in [5, 5.41) is 14.5. The first-order valence-corrected chi connectivity index (χ1v) is 9.27. The molecule has 4 rings (SSSR count). The van der Waals surface area contributed by atoms with E-state index < -0.39 is 0 Å². The number of benzene rings is 1. The second-order valence-electron chi connectivity index (χ2n) is 6.27. The van der Waals surface area contributed by atoms with Crippen LogP contribution in [0.15, 0.2) is 30.3 Å². The van der Waals surface area contributed by atoms with Crippen molar-refractivity contribution in [1.82, 2.24) is 24.7 Å². The van der Waals surface area contributed by atoms with Crippen molar-refractivity contribution >= 4 is 21.9 Å². The minimum atomic E-state index is 0.816. The largest absolute Gasteiger partial charge is 0.299 e. The number of hydrogen-bond donors (Lipinski definition) is 0. The van der Waals surface area contributed by atoms with Gasteiger partial charge in [0.1, 0.15) is 5.01 Å². The summed E-state index contributed by atoms with van der Waals surface area (Å²) in [6, 6.07) is 8.34. The average Bonchev–Trinajstić information content (AvgIpc) is 3.17. The number of aryl methyl sites for hydroxylation is 1. The van der Waals surface area contributed by atoms with Gasteiger partial charge in [0.2, 0.25) is 4.96 Å². The molecule has 24 heavy (non-hydrogen) atoms. The zero-order valence-corrected chi connectivity index (χ0v) is 14.9. The van der Waals surface area contributed by atoms with Gasteiger partial charge in [0.05, 0.1) is 0 Å². The van der Waals surface area contributed by atoms with Crippen LogP contribution in [0, 0.1) is 6.92 Å². The van der Waals surface area contributed by atoms with E-state index in [9.17, 15) is 0 Å². The number of nitrogens with zero attached hydrogens (tertiary/aromatic N) is 5. The second kappa shape index (κ2) is 6.45. The van der Waals surface area contributed by atoms with E-state index in [-0.39, 0.29) is 0 Å². The van der Waals surface area contributed by atoms with E-state index in [0.717, 1.165) is 40.9 Å². The highest BCUT2D eigenvalue weighted by Gasteiger charge is 2.18. The van der Waals surface area contributed by atoms with Gasteiger partial charge in [0.15, 0.2) is 5.82 Å². The van der Waals surface area contributed by atoms with Crippen molar-refractivity contribution in [3.05, 3.63) is 40.9 Å². The molecule has 0 radical (unpaired) electrons. The average molecular weight is 339 g/mol. The lowest BCUT2D eigenvalue weighted by Crippen LogP contribution is -2.29. The topological polar surface area (TPSA) is 46.3 Å². The maximum absolute atomic E-state index is 4.79. The van der Waals surface area contributed by atoms with E-state index in [4.69, 9.17) is 5.10 Å². The molecule has 1 aromatic carbocycles. The zero-order valence-electron chi connectivity index (χ0n) is 14.1. The van der Waals surface area contributed by atoms with Crippen LogP contribution in [-0.2, 0) is 0 Å². The molecule has 0 amide bonds. The van der Waals surface area contributed by atoms with Gasteiger partial charge < -0.3 is 0 Å². The molecule has 1 aliphatic rings. The fourth-order valence-electron chi connectivity index (χ4n) is 3.05. The molecule has 0 N–H and O–H groups in total. The number of aromatic nitrogens is 4. The molecular weight excluding hydrogens is 318 g/mol. The maximum atomic E-state index is 4.79. The van der Waals surface area contributed by atoms with Gasteiger partial charge in [-0.05, 0) is 31.9 Å². The molecule has 124 valence electrons. The van der Waals surface area contributed by atoms with Crippen LogP contribution in [0.3, 0.4) is 0 Å². The van der Waals surface area contributed by atoms with Crippen LogP contribution in [0.4, 0.5) is 0 Å². The molecule has 0 saturated carbocycles. The number of rotatable bonds is 4. The fourth-order valence-corrected chi connectivity index (χ4v) is 3.96. The molecule has 0 spiro atoms. The molecule has 0 bridgehead atoms. The van der Waals surface area contributed by atoms with Gasteiger partial charge in [-0.3, -0.25) is 4.90 Å². The summed E-state index contributed by atoms with van der Waals surface area (Å²) in [5.74, 6) is 0.816. The highest BCUT2D eigenvalue weighted by Crippen LogP contribution is 2.28. The van der Waals surface area contributed by atoms with Crippen molar-refractivity contribution in [2.45, 2.75) is 26.7 Å². The third kappa shape index (κ3) is 2.87. The molecule has 3 aromatic rings. The second-order valence-corrected chi connectivity index (χ2v) is 7.23. The maximum Gasteiger partial charge on any atom is 0.235 e. The molecule has 1 aliphatic heterocycles. The minimum Gasteiger partial charge on any atom is -0.299 e. The van der Waals surface area contributed by atoms with Crippen LogP contribution >= 0.6 is 11.3 Å². The monoisotopic (exact) mass is 339 g/mol. The lowest BCUT2D eigenvalue weighted by molar-refractivity contribution is 0.302. The van der Waals surface area contributed by atoms with Crippen LogP contribution in [0.1, 0.15) is 30.3 Å². The fraction of sp³-hybridized carbons (Fsp3) is 0.389. The molecule has 0 aliphatic carbocycles. The molecule has 0 fully saturated rings. The predicted octanol–water partition coefficient (Wildman–Crippen LogP) is 3.66. The van der Waals surface area contributed by atoms with Crippen LogP contribution < -0.4 is 0 Å². The third-order valence-electron chi connectivity index (χ3n) is 4.41. The summed E-state index contributed by atoms with van der Waals surface area (Å²) in [6.07, 6.45) is 4.58. The van der Waals surface area contributed by atoms with Gasteiger partial charge in [-0.15, -0.1) is 10.2 Å². The predicted molar refractivity (Wildman–Crippen MR) is 98.2 cm³/mol. The first-order chi connectivity index (χ1) is 11.7. The molecular formula is C18H21N5S. The van der Waals surface area contributed by atoms with E-state index in [1.54, 1.807) is 11.3 Å². The standard InChI is InChI=1S/C18H21N5S/c1-3-10-22-11-8-15(9-12-22)17-21-23-16(19-20-18(23)24-17)14-6-4-13(2)5-7-14/h4-8H,3,9-12H2,1-2H3. The quantitative estimate of drug-likeness (QED) is 0.728. The summed E-state index contributed by atoms with van der Waals surface area (Å²) in [4.78, 5) is 3.35. The summed E-state index contributed by atoms with van der Waals surface area (Å²) < 4.78 is 1.88. The van der Waals surface area contributed by atoms with E-state index in [1.165, 1.54) is 24.1 Å². The van der Waals surface area contributed by atoms with Crippen molar-refractivity contribution in [2.24, 2.45) is 0 Å².